The first kappa shape index (κ1) is 39.2. The minimum absolute atomic E-state index is 0.00690. The number of ketones is 1. The van der Waals surface area contributed by atoms with E-state index < -0.39 is 54.0 Å². The Morgan fingerprint density at radius 2 is 1.66 bits per heavy atom. The third-order valence-corrected chi connectivity index (χ3v) is 9.52. The highest BCUT2D eigenvalue weighted by Gasteiger charge is 2.45. The number of nitrogens with one attached hydrogen (secondary N) is 2. The summed E-state index contributed by atoms with van der Waals surface area (Å²) < 4.78 is 17.0. The number of Topliss-reactive ketones (excluding diaryl/α,β-unsaturated/α-hetero) is 1. The van der Waals surface area contributed by atoms with Crippen molar-refractivity contribution < 1.29 is 37.9 Å². The molecule has 3 aromatic rings. The van der Waals surface area contributed by atoms with Crippen molar-refractivity contribution in [3.8, 4) is 0 Å². The maximum atomic E-state index is 14.5. The van der Waals surface area contributed by atoms with Gasteiger partial charge in [0, 0.05) is 19.5 Å². The quantitative estimate of drug-likeness (QED) is 0.139. The van der Waals surface area contributed by atoms with E-state index >= 15 is 0 Å². The molecular weight excluding hydrogens is 680 g/mol. The van der Waals surface area contributed by atoms with Crippen molar-refractivity contribution in [1.29, 1.82) is 0 Å². The van der Waals surface area contributed by atoms with Crippen LogP contribution < -0.4 is 16.4 Å². The number of hydrogen-bond acceptors (Lipinski definition) is 10. The summed E-state index contributed by atoms with van der Waals surface area (Å²) in [5, 5.41) is 5.59. The molecule has 4 amide bonds. The summed E-state index contributed by atoms with van der Waals surface area (Å²) in [6, 6.07) is 13.3. The Kier molecular flexibility index (Phi) is 14.2. The van der Waals surface area contributed by atoms with Gasteiger partial charge in [0.05, 0.1) is 19.2 Å². The van der Waals surface area contributed by atoms with Crippen LogP contribution in [0, 0.1) is 5.92 Å². The molecule has 0 spiro atoms. The summed E-state index contributed by atoms with van der Waals surface area (Å²) in [7, 11) is 0. The summed E-state index contributed by atoms with van der Waals surface area (Å²) >= 11 is 0. The van der Waals surface area contributed by atoms with E-state index in [0.717, 1.165) is 24.8 Å². The summed E-state index contributed by atoms with van der Waals surface area (Å²) in [5.74, 6) is -1.69. The Balaban J connectivity index is 1.39. The molecule has 2 aromatic carbocycles. The lowest BCUT2D eigenvalue weighted by Gasteiger charge is -2.29. The molecule has 53 heavy (non-hydrogen) atoms. The number of likely N-dealkylation sites (tertiary alicyclic amines) is 2. The number of rotatable bonds is 16. The number of para-hydroxylation sites is 2. The minimum atomic E-state index is -1.11. The standard InChI is InChI=1S/C39H52N6O8/c1-26(2)25-51-38(49)43-31(19-18-27-13-5-3-6-14-27)37(48)45-24-28(52-39(50)44-21-11-4-12-22-44)23-32(45)35(47)41-30(16-9-10-20-40)34(46)36-42-29-15-7-8-17-33(29)53-36/h3,5-8,13-15,17,26,28,30-32H,4,9-12,16,18-25,40H2,1-2H3,(H,41,47)(H,43,49)/t28-,30+,31-,32+/m1/s1. The van der Waals surface area contributed by atoms with E-state index in [0.29, 0.717) is 50.0 Å². The van der Waals surface area contributed by atoms with Crippen LogP contribution in [0.25, 0.3) is 11.1 Å². The second kappa shape index (κ2) is 19.2. The summed E-state index contributed by atoms with van der Waals surface area (Å²) in [6.07, 6.45) is 2.85. The van der Waals surface area contributed by atoms with E-state index in [-0.39, 0.29) is 44.2 Å². The van der Waals surface area contributed by atoms with Crippen molar-refractivity contribution in [3.05, 3.63) is 66.1 Å². The largest absolute Gasteiger partial charge is 0.449 e. The van der Waals surface area contributed by atoms with E-state index in [1.807, 2.05) is 44.2 Å². The zero-order valence-corrected chi connectivity index (χ0v) is 30.7. The van der Waals surface area contributed by atoms with Crippen molar-refractivity contribution in [3.63, 3.8) is 0 Å². The molecule has 1 aromatic heterocycles. The number of piperidine rings is 1. The Morgan fingerprint density at radius 3 is 2.38 bits per heavy atom. The van der Waals surface area contributed by atoms with E-state index in [4.69, 9.17) is 19.6 Å². The SMILES string of the molecule is CC(C)COC(=O)N[C@H](CCc1ccccc1)C(=O)N1C[C@H](OC(=O)N2CCCCC2)C[C@H]1C(=O)N[C@@H](CCCCN)C(=O)c1nc2ccccc2o1. The van der Waals surface area contributed by atoms with Gasteiger partial charge in [-0.15, -0.1) is 0 Å². The number of hydrogen-bond donors (Lipinski definition) is 3. The summed E-state index contributed by atoms with van der Waals surface area (Å²) in [4.78, 5) is 75.9. The number of aryl methyl sites for hydroxylation is 1. The lowest BCUT2D eigenvalue weighted by Crippen LogP contribution is -2.55. The predicted molar refractivity (Wildman–Crippen MR) is 197 cm³/mol. The smallest absolute Gasteiger partial charge is 0.410 e. The topological polar surface area (TPSA) is 186 Å². The molecule has 0 saturated carbocycles. The molecule has 14 heteroatoms. The number of carbonyl (C=O) groups is 5. The Morgan fingerprint density at radius 1 is 0.925 bits per heavy atom. The maximum absolute atomic E-state index is 14.5. The summed E-state index contributed by atoms with van der Waals surface area (Å²) in [6.45, 7) is 5.45. The first-order valence-electron chi connectivity index (χ1n) is 18.8. The second-order valence-electron chi connectivity index (χ2n) is 14.2. The molecule has 3 heterocycles. The number of aromatic nitrogens is 1. The van der Waals surface area contributed by atoms with Gasteiger partial charge < -0.3 is 40.1 Å². The molecule has 286 valence electrons. The highest BCUT2D eigenvalue weighted by molar-refractivity contribution is 6.01. The number of amides is 4. The average molecular weight is 733 g/mol. The van der Waals surface area contributed by atoms with Gasteiger partial charge >= 0.3 is 12.2 Å². The number of ether oxygens (including phenoxy) is 2. The molecule has 2 saturated heterocycles. The number of unbranched alkanes of at least 4 members (excludes halogenated alkanes) is 1. The predicted octanol–water partition coefficient (Wildman–Crippen LogP) is 4.60. The minimum Gasteiger partial charge on any atom is -0.449 e. The van der Waals surface area contributed by atoms with Crippen molar-refractivity contribution in [1.82, 2.24) is 25.4 Å². The molecular formula is C39H52N6O8. The molecule has 5 rings (SSSR count). The van der Waals surface area contributed by atoms with E-state index in [1.54, 1.807) is 29.2 Å². The van der Waals surface area contributed by atoms with Gasteiger partial charge in [-0.1, -0.05) is 56.3 Å². The van der Waals surface area contributed by atoms with Crippen molar-refractivity contribution in [2.45, 2.75) is 95.9 Å². The number of nitrogens with two attached hydrogens (primary N) is 1. The van der Waals surface area contributed by atoms with E-state index in [2.05, 4.69) is 15.6 Å². The molecule has 0 radical (unpaired) electrons. The van der Waals surface area contributed by atoms with Crippen LogP contribution in [0.3, 0.4) is 0 Å². The van der Waals surface area contributed by atoms with Crippen LogP contribution in [-0.2, 0) is 25.5 Å². The number of oxazole rings is 1. The normalized spacial score (nSPS) is 18.4. The Hall–Kier alpha value is -4.98. The lowest BCUT2D eigenvalue weighted by molar-refractivity contribution is -0.140. The Labute approximate surface area is 310 Å². The monoisotopic (exact) mass is 732 g/mol. The van der Waals surface area contributed by atoms with Gasteiger partial charge in [-0.3, -0.25) is 14.4 Å². The molecule has 0 bridgehead atoms. The van der Waals surface area contributed by atoms with Crippen LogP contribution in [0.1, 0.15) is 81.5 Å². The summed E-state index contributed by atoms with van der Waals surface area (Å²) in [5.41, 5.74) is 7.65. The van der Waals surface area contributed by atoms with Crippen LogP contribution in [0.15, 0.2) is 59.0 Å². The van der Waals surface area contributed by atoms with Crippen LogP contribution in [-0.4, -0.2) is 102 Å². The van der Waals surface area contributed by atoms with Gasteiger partial charge in [0.2, 0.25) is 17.6 Å². The third-order valence-electron chi connectivity index (χ3n) is 9.52. The van der Waals surface area contributed by atoms with Gasteiger partial charge in [-0.05, 0) is 81.5 Å². The van der Waals surface area contributed by atoms with E-state index in [1.165, 1.54) is 4.90 Å². The molecule has 0 aliphatic carbocycles. The molecule has 2 fully saturated rings. The zero-order valence-electron chi connectivity index (χ0n) is 30.7. The molecule has 2 aliphatic heterocycles. The average Bonchev–Trinajstić information content (AvgIpc) is 3.80. The fraction of sp³-hybridized carbons (Fsp3) is 0.538. The highest BCUT2D eigenvalue weighted by atomic mass is 16.6. The van der Waals surface area contributed by atoms with Crippen molar-refractivity contribution >= 4 is 40.9 Å². The number of benzene rings is 2. The molecule has 0 unspecified atom stereocenters. The number of fused-ring (bicyclic) bond motifs is 1. The van der Waals surface area contributed by atoms with Crippen LogP contribution in [0.5, 0.6) is 0 Å². The highest BCUT2D eigenvalue weighted by Crippen LogP contribution is 2.25. The number of nitrogens with zero attached hydrogens (tertiary/aromatic N) is 3. The van der Waals surface area contributed by atoms with Gasteiger partial charge in [-0.25, -0.2) is 14.6 Å². The second-order valence-corrected chi connectivity index (χ2v) is 14.2. The number of alkyl carbamates (subject to hydrolysis) is 1. The zero-order chi connectivity index (χ0) is 37.7. The van der Waals surface area contributed by atoms with Crippen LogP contribution >= 0.6 is 0 Å². The van der Waals surface area contributed by atoms with Gasteiger partial charge in [0.1, 0.15) is 23.7 Å². The third kappa shape index (κ3) is 11.0. The fourth-order valence-corrected chi connectivity index (χ4v) is 6.66. The van der Waals surface area contributed by atoms with Gasteiger partial charge in [0.15, 0.2) is 5.58 Å². The first-order valence-corrected chi connectivity index (χ1v) is 18.8. The fourth-order valence-electron chi connectivity index (χ4n) is 6.66. The first-order chi connectivity index (χ1) is 25.6. The maximum Gasteiger partial charge on any atom is 0.410 e. The van der Waals surface area contributed by atoms with Gasteiger partial charge in [-0.2, -0.15) is 0 Å². The lowest BCUT2D eigenvalue weighted by atomic mass is 10.0. The molecule has 4 N–H and O–H groups in total. The molecule has 14 nitrogen and oxygen atoms in total. The van der Waals surface area contributed by atoms with Crippen molar-refractivity contribution in [2.24, 2.45) is 11.7 Å². The number of carbonyl (C=O) groups excluding carboxylic acids is 5. The van der Waals surface area contributed by atoms with Crippen LogP contribution in [0.2, 0.25) is 0 Å². The molecule has 4 atom stereocenters. The van der Waals surface area contributed by atoms with Crippen molar-refractivity contribution in [2.75, 3.05) is 32.8 Å². The van der Waals surface area contributed by atoms with E-state index in [9.17, 15) is 24.0 Å². The molecule has 2 aliphatic rings. The van der Waals surface area contributed by atoms with Gasteiger partial charge in [0.25, 0.3) is 5.89 Å². The Bertz CT molecular complexity index is 1660. The van der Waals surface area contributed by atoms with Crippen LogP contribution in [0.4, 0.5) is 9.59 Å².